The second-order valence-corrected chi connectivity index (χ2v) is 7.34. The van der Waals surface area contributed by atoms with Gasteiger partial charge < -0.3 is 10.2 Å². The van der Waals surface area contributed by atoms with Gasteiger partial charge in [0, 0.05) is 36.6 Å². The van der Waals surface area contributed by atoms with Crippen molar-refractivity contribution in [2.45, 2.75) is 18.1 Å². The Morgan fingerprint density at radius 1 is 1.11 bits per heavy atom. The molecule has 3 nitrogen and oxygen atoms in total. The van der Waals surface area contributed by atoms with Crippen LogP contribution in [0.1, 0.15) is 27.4 Å². The van der Waals surface area contributed by atoms with Crippen LogP contribution >= 0.6 is 23.2 Å². The lowest BCUT2D eigenvalue weighted by atomic mass is 9.93. The fourth-order valence-electron chi connectivity index (χ4n) is 3.35. The number of carbonyl (C=O) groups excluding carboxylic acids is 1. The standard InChI is InChI=1S/C19H17Cl2F3N2O/c1-26(17-10-25-9-14(17)11-2-5-13(20)6-3-11)18(27)12-4-7-16(21)15(8-12)19(22,23)24/h2-8,14,17,25H,9-10H2,1H3/t14-,17+/m1/s1. The molecule has 144 valence electrons. The maximum absolute atomic E-state index is 13.1. The molecule has 1 heterocycles. The summed E-state index contributed by atoms with van der Waals surface area (Å²) in [6.07, 6.45) is -4.62. The van der Waals surface area contributed by atoms with E-state index in [4.69, 9.17) is 23.2 Å². The Morgan fingerprint density at radius 3 is 2.41 bits per heavy atom. The minimum Gasteiger partial charge on any atom is -0.337 e. The van der Waals surface area contributed by atoms with Crippen LogP contribution in [-0.4, -0.2) is 37.0 Å². The van der Waals surface area contributed by atoms with Gasteiger partial charge in [-0.1, -0.05) is 35.3 Å². The highest BCUT2D eigenvalue weighted by Crippen LogP contribution is 2.35. The van der Waals surface area contributed by atoms with Gasteiger partial charge in [0.25, 0.3) is 5.91 Å². The molecule has 0 bridgehead atoms. The van der Waals surface area contributed by atoms with E-state index in [0.717, 1.165) is 17.7 Å². The number of amides is 1. The number of benzene rings is 2. The first kappa shape index (κ1) is 20.0. The highest BCUT2D eigenvalue weighted by Gasteiger charge is 2.36. The van der Waals surface area contributed by atoms with Crippen LogP contribution < -0.4 is 5.32 Å². The summed E-state index contributed by atoms with van der Waals surface area (Å²) >= 11 is 11.6. The number of nitrogens with one attached hydrogen (secondary N) is 1. The average Bonchev–Trinajstić information content (AvgIpc) is 3.10. The Labute approximate surface area is 165 Å². The summed E-state index contributed by atoms with van der Waals surface area (Å²) in [4.78, 5) is 14.3. The van der Waals surface area contributed by atoms with Crippen molar-refractivity contribution < 1.29 is 18.0 Å². The first-order valence-electron chi connectivity index (χ1n) is 8.28. The summed E-state index contributed by atoms with van der Waals surface area (Å²) in [5.41, 5.74) is -0.0423. The molecule has 0 radical (unpaired) electrons. The Bertz CT molecular complexity index is 840. The van der Waals surface area contributed by atoms with Crippen molar-refractivity contribution in [2.75, 3.05) is 20.1 Å². The van der Waals surface area contributed by atoms with Crippen LogP contribution in [0.5, 0.6) is 0 Å². The summed E-state index contributed by atoms with van der Waals surface area (Å²) < 4.78 is 39.2. The molecule has 2 aromatic rings. The van der Waals surface area contributed by atoms with Crippen molar-refractivity contribution in [1.82, 2.24) is 10.2 Å². The maximum atomic E-state index is 13.1. The molecule has 8 heteroatoms. The minimum atomic E-state index is -4.62. The van der Waals surface area contributed by atoms with E-state index in [1.165, 1.54) is 11.0 Å². The lowest BCUT2D eigenvalue weighted by Gasteiger charge is -2.29. The van der Waals surface area contributed by atoms with E-state index < -0.39 is 22.7 Å². The molecule has 1 amide bonds. The Hall–Kier alpha value is -1.76. The zero-order valence-electron chi connectivity index (χ0n) is 14.4. The first-order chi connectivity index (χ1) is 12.7. The van der Waals surface area contributed by atoms with E-state index in [1.807, 2.05) is 12.1 Å². The molecule has 0 aromatic heterocycles. The van der Waals surface area contributed by atoms with E-state index in [-0.39, 0.29) is 17.5 Å². The monoisotopic (exact) mass is 416 g/mol. The van der Waals surface area contributed by atoms with Crippen molar-refractivity contribution in [3.05, 3.63) is 69.2 Å². The third-order valence-electron chi connectivity index (χ3n) is 4.82. The Kier molecular flexibility index (Phi) is 5.70. The number of halogens is 5. The summed E-state index contributed by atoms with van der Waals surface area (Å²) in [5, 5.41) is 3.43. The maximum Gasteiger partial charge on any atom is 0.417 e. The number of likely N-dealkylation sites (N-methyl/N-ethyl adjacent to an activating group) is 1. The molecule has 1 aliphatic heterocycles. The predicted molar refractivity (Wildman–Crippen MR) is 99.4 cm³/mol. The summed E-state index contributed by atoms with van der Waals surface area (Å²) in [6.45, 7) is 1.22. The van der Waals surface area contributed by atoms with Crippen molar-refractivity contribution >= 4 is 29.1 Å². The number of alkyl halides is 3. The van der Waals surface area contributed by atoms with Gasteiger partial charge in [0.05, 0.1) is 16.6 Å². The highest BCUT2D eigenvalue weighted by atomic mass is 35.5. The minimum absolute atomic E-state index is 0.0191. The van der Waals surface area contributed by atoms with Gasteiger partial charge in [0.2, 0.25) is 0 Å². The quantitative estimate of drug-likeness (QED) is 0.776. The third-order valence-corrected chi connectivity index (χ3v) is 5.40. The highest BCUT2D eigenvalue weighted by molar-refractivity contribution is 6.31. The van der Waals surface area contributed by atoms with Crippen LogP contribution in [-0.2, 0) is 6.18 Å². The van der Waals surface area contributed by atoms with E-state index in [1.54, 1.807) is 19.2 Å². The summed E-state index contributed by atoms with van der Waals surface area (Å²) in [7, 11) is 1.60. The van der Waals surface area contributed by atoms with E-state index in [2.05, 4.69) is 5.32 Å². The van der Waals surface area contributed by atoms with Crippen molar-refractivity contribution in [3.8, 4) is 0 Å². The van der Waals surface area contributed by atoms with Crippen molar-refractivity contribution in [3.63, 3.8) is 0 Å². The molecule has 1 fully saturated rings. The number of nitrogens with zero attached hydrogens (tertiary/aromatic N) is 1. The molecular formula is C19H17Cl2F3N2O. The molecule has 0 spiro atoms. The lowest BCUT2D eigenvalue weighted by Crippen LogP contribution is -2.41. The van der Waals surface area contributed by atoms with E-state index >= 15 is 0 Å². The zero-order valence-corrected chi connectivity index (χ0v) is 15.9. The molecule has 27 heavy (non-hydrogen) atoms. The Balaban J connectivity index is 1.85. The number of carbonyl (C=O) groups is 1. The average molecular weight is 417 g/mol. The van der Waals surface area contributed by atoms with Gasteiger partial charge in [-0.05, 0) is 35.9 Å². The smallest absolute Gasteiger partial charge is 0.337 e. The van der Waals surface area contributed by atoms with Crippen LogP contribution in [0.15, 0.2) is 42.5 Å². The second kappa shape index (κ2) is 7.70. The fraction of sp³-hybridized carbons (Fsp3) is 0.316. The molecule has 0 saturated carbocycles. The topological polar surface area (TPSA) is 32.3 Å². The normalized spacial score (nSPS) is 19.9. The van der Waals surface area contributed by atoms with Crippen molar-refractivity contribution in [2.24, 2.45) is 0 Å². The van der Waals surface area contributed by atoms with E-state index in [0.29, 0.717) is 18.1 Å². The van der Waals surface area contributed by atoms with Gasteiger partial charge in [-0.3, -0.25) is 4.79 Å². The molecule has 2 aromatic carbocycles. The third kappa shape index (κ3) is 4.23. The largest absolute Gasteiger partial charge is 0.417 e. The fourth-order valence-corrected chi connectivity index (χ4v) is 3.70. The van der Waals surface area contributed by atoms with Gasteiger partial charge in [-0.15, -0.1) is 0 Å². The summed E-state index contributed by atoms with van der Waals surface area (Å²) in [6, 6.07) is 10.4. The first-order valence-corrected chi connectivity index (χ1v) is 9.04. The molecular weight excluding hydrogens is 400 g/mol. The molecule has 0 aliphatic carbocycles. The number of rotatable bonds is 3. The molecule has 3 rings (SSSR count). The number of hydrogen-bond acceptors (Lipinski definition) is 2. The zero-order chi connectivity index (χ0) is 19.8. The van der Waals surface area contributed by atoms with Gasteiger partial charge in [0.1, 0.15) is 0 Å². The predicted octanol–water partition coefficient (Wildman–Crippen LogP) is 4.84. The van der Waals surface area contributed by atoms with Gasteiger partial charge in [0.15, 0.2) is 0 Å². The van der Waals surface area contributed by atoms with Gasteiger partial charge in [-0.25, -0.2) is 0 Å². The molecule has 0 unspecified atom stereocenters. The van der Waals surface area contributed by atoms with Crippen LogP contribution in [0.2, 0.25) is 10.0 Å². The van der Waals surface area contributed by atoms with Crippen molar-refractivity contribution in [1.29, 1.82) is 0 Å². The molecule has 1 saturated heterocycles. The van der Waals surface area contributed by atoms with Crippen LogP contribution in [0.4, 0.5) is 13.2 Å². The van der Waals surface area contributed by atoms with Crippen LogP contribution in [0.3, 0.4) is 0 Å². The van der Waals surface area contributed by atoms with Gasteiger partial charge in [-0.2, -0.15) is 13.2 Å². The summed E-state index contributed by atoms with van der Waals surface area (Å²) in [5.74, 6) is -0.463. The van der Waals surface area contributed by atoms with Crippen LogP contribution in [0.25, 0.3) is 0 Å². The molecule has 1 N–H and O–H groups in total. The SMILES string of the molecule is CN(C(=O)c1ccc(Cl)c(C(F)(F)F)c1)[C@H]1CNC[C@@H]1c1ccc(Cl)cc1. The molecule has 1 aliphatic rings. The lowest BCUT2D eigenvalue weighted by molar-refractivity contribution is -0.137. The Morgan fingerprint density at radius 2 is 1.78 bits per heavy atom. The molecule has 2 atom stereocenters. The van der Waals surface area contributed by atoms with E-state index in [9.17, 15) is 18.0 Å². The van der Waals surface area contributed by atoms with Crippen LogP contribution in [0, 0.1) is 0 Å². The van der Waals surface area contributed by atoms with Gasteiger partial charge >= 0.3 is 6.18 Å². The second-order valence-electron chi connectivity index (χ2n) is 6.49. The number of hydrogen-bond donors (Lipinski definition) is 1.